The number of carboxylic acid groups (broad SMARTS) is 1. The molecule has 2 aromatic heterocycles. The maximum Gasteiger partial charge on any atom is 0.335 e. The monoisotopic (exact) mass is 564 g/mol. The first-order chi connectivity index (χ1) is 19.4. The van der Waals surface area contributed by atoms with Crippen molar-refractivity contribution in [2.75, 3.05) is 26.3 Å². The summed E-state index contributed by atoms with van der Waals surface area (Å²) < 4.78 is 27.8. The first-order valence-corrected chi connectivity index (χ1v) is 13.9. The molecule has 208 valence electrons. The largest absolute Gasteiger partial charge is 0.478 e. The molecule has 0 spiro atoms. The van der Waals surface area contributed by atoms with Gasteiger partial charge in [-0.25, -0.2) is 19.2 Å². The number of fused-ring (bicyclic) bond motifs is 1. The first-order valence-electron chi connectivity index (χ1n) is 13.5. The highest BCUT2D eigenvalue weighted by Gasteiger charge is 2.27. The van der Waals surface area contributed by atoms with E-state index in [9.17, 15) is 14.3 Å². The van der Waals surface area contributed by atoms with E-state index < -0.39 is 11.8 Å². The van der Waals surface area contributed by atoms with Crippen molar-refractivity contribution < 1.29 is 23.8 Å². The molecule has 2 aromatic carbocycles. The topological polar surface area (TPSA) is 89.7 Å². The number of hydrogen-bond donors (Lipinski definition) is 1. The Balaban J connectivity index is 1.12. The van der Waals surface area contributed by atoms with Crippen molar-refractivity contribution in [3.05, 3.63) is 88.1 Å². The number of hydrogen-bond acceptors (Lipinski definition) is 6. The summed E-state index contributed by atoms with van der Waals surface area (Å²) >= 11 is 5.84. The molecular formula is C30H30ClFN4O4. The van der Waals surface area contributed by atoms with Gasteiger partial charge in [-0.2, -0.15) is 0 Å². The second-order valence-corrected chi connectivity index (χ2v) is 10.8. The fourth-order valence-electron chi connectivity index (χ4n) is 5.64. The van der Waals surface area contributed by atoms with Crippen molar-refractivity contribution in [3.8, 4) is 5.88 Å². The molecule has 10 heteroatoms. The summed E-state index contributed by atoms with van der Waals surface area (Å²) in [6, 6.07) is 15.6. The van der Waals surface area contributed by atoms with E-state index in [2.05, 4.69) is 9.47 Å². The molecule has 4 aromatic rings. The molecule has 2 fully saturated rings. The van der Waals surface area contributed by atoms with Crippen LogP contribution in [-0.2, 0) is 17.9 Å². The maximum atomic E-state index is 14.1. The standard InChI is InChI=1S/C30H30ClFN4O4/c31-22-6-4-21(24(32)15-22)17-40-29-3-1-2-25(34-29)19-8-11-35(12-9-19)16-28-33-26-7-5-20(30(37)38)14-27(26)36(28)23-10-13-39-18-23/h1-7,14-15,19,23H,8-13,16-18H2,(H,37,38). The summed E-state index contributed by atoms with van der Waals surface area (Å²) in [6.45, 7) is 3.84. The molecule has 1 unspecified atom stereocenters. The summed E-state index contributed by atoms with van der Waals surface area (Å²) in [5.41, 5.74) is 3.32. The highest BCUT2D eigenvalue weighted by molar-refractivity contribution is 6.30. The second kappa shape index (κ2) is 11.5. The van der Waals surface area contributed by atoms with Gasteiger partial charge in [-0.3, -0.25) is 4.90 Å². The van der Waals surface area contributed by atoms with Crippen LogP contribution in [0.2, 0.25) is 5.02 Å². The van der Waals surface area contributed by atoms with Gasteiger partial charge in [-0.1, -0.05) is 23.7 Å². The van der Waals surface area contributed by atoms with Crippen LogP contribution in [0.25, 0.3) is 11.0 Å². The molecule has 1 N–H and O–H groups in total. The first kappa shape index (κ1) is 26.7. The average molecular weight is 565 g/mol. The van der Waals surface area contributed by atoms with Crippen molar-refractivity contribution in [3.63, 3.8) is 0 Å². The molecule has 2 saturated heterocycles. The van der Waals surface area contributed by atoms with E-state index in [0.717, 1.165) is 54.9 Å². The minimum atomic E-state index is -0.943. The Kier molecular flexibility index (Phi) is 7.69. The van der Waals surface area contributed by atoms with Gasteiger partial charge in [0.05, 0.1) is 35.8 Å². The van der Waals surface area contributed by atoms with Crippen molar-refractivity contribution in [1.82, 2.24) is 19.4 Å². The molecule has 1 atom stereocenters. The molecule has 2 aliphatic heterocycles. The lowest BCUT2D eigenvalue weighted by Gasteiger charge is -2.32. The summed E-state index contributed by atoms with van der Waals surface area (Å²) in [5, 5.41) is 9.86. The highest BCUT2D eigenvalue weighted by atomic mass is 35.5. The lowest BCUT2D eigenvalue weighted by atomic mass is 9.93. The van der Waals surface area contributed by atoms with Gasteiger partial charge >= 0.3 is 5.97 Å². The van der Waals surface area contributed by atoms with E-state index >= 15 is 0 Å². The summed E-state index contributed by atoms with van der Waals surface area (Å²) in [7, 11) is 0. The number of piperidine rings is 1. The zero-order valence-corrected chi connectivity index (χ0v) is 22.7. The van der Waals surface area contributed by atoms with Gasteiger partial charge in [0.2, 0.25) is 5.88 Å². The SMILES string of the molecule is O=C(O)c1ccc2nc(CN3CCC(c4cccc(OCc5ccc(Cl)cc5F)n4)CC3)n(C3CCOC3)c2c1. The lowest BCUT2D eigenvalue weighted by Crippen LogP contribution is -2.34. The van der Waals surface area contributed by atoms with Gasteiger partial charge < -0.3 is 19.1 Å². The molecule has 0 aliphatic carbocycles. The van der Waals surface area contributed by atoms with Crippen LogP contribution in [0.4, 0.5) is 4.39 Å². The number of halogens is 2. The fourth-order valence-corrected chi connectivity index (χ4v) is 5.80. The number of rotatable bonds is 8. The molecule has 6 rings (SSSR count). The lowest BCUT2D eigenvalue weighted by molar-refractivity contribution is 0.0697. The zero-order valence-electron chi connectivity index (χ0n) is 21.9. The average Bonchev–Trinajstić information content (AvgIpc) is 3.60. The van der Waals surface area contributed by atoms with Crippen LogP contribution in [0.3, 0.4) is 0 Å². The number of carbonyl (C=O) groups is 1. The maximum absolute atomic E-state index is 14.1. The van der Waals surface area contributed by atoms with Crippen molar-refractivity contribution in [2.45, 2.75) is 44.4 Å². The van der Waals surface area contributed by atoms with Gasteiger partial charge in [0.1, 0.15) is 18.2 Å². The molecule has 0 bridgehead atoms. The van der Waals surface area contributed by atoms with Crippen LogP contribution < -0.4 is 4.74 Å². The summed E-state index contributed by atoms with van der Waals surface area (Å²) in [5.74, 6) is 0.373. The van der Waals surface area contributed by atoms with Crippen molar-refractivity contribution >= 4 is 28.6 Å². The van der Waals surface area contributed by atoms with Gasteiger partial charge in [0.15, 0.2) is 0 Å². The predicted octanol–water partition coefficient (Wildman–Crippen LogP) is 5.84. The number of aromatic carboxylic acids is 1. The Morgan fingerprint density at radius 2 is 1.95 bits per heavy atom. The van der Waals surface area contributed by atoms with Crippen LogP contribution in [-0.4, -0.2) is 56.8 Å². The van der Waals surface area contributed by atoms with Crippen LogP contribution in [0, 0.1) is 5.82 Å². The van der Waals surface area contributed by atoms with E-state index in [1.54, 1.807) is 36.4 Å². The fraction of sp³-hybridized carbons (Fsp3) is 0.367. The third kappa shape index (κ3) is 5.68. The van der Waals surface area contributed by atoms with Gasteiger partial charge in [0, 0.05) is 34.9 Å². The van der Waals surface area contributed by atoms with E-state index in [0.29, 0.717) is 42.1 Å². The molecule has 0 radical (unpaired) electrons. The highest BCUT2D eigenvalue weighted by Crippen LogP contribution is 2.32. The number of likely N-dealkylation sites (tertiary alicyclic amines) is 1. The quantitative estimate of drug-likeness (QED) is 0.287. The van der Waals surface area contributed by atoms with E-state index in [-0.39, 0.29) is 18.2 Å². The zero-order chi connectivity index (χ0) is 27.6. The van der Waals surface area contributed by atoms with E-state index in [1.165, 1.54) is 6.07 Å². The number of nitrogens with zero attached hydrogens (tertiary/aromatic N) is 4. The van der Waals surface area contributed by atoms with Crippen molar-refractivity contribution in [2.24, 2.45) is 0 Å². The van der Waals surface area contributed by atoms with E-state index in [4.69, 9.17) is 31.0 Å². The van der Waals surface area contributed by atoms with Gasteiger partial charge in [-0.05, 0) is 68.8 Å². The number of carboxylic acids is 1. The smallest absolute Gasteiger partial charge is 0.335 e. The normalized spacial score (nSPS) is 18.4. The molecular weight excluding hydrogens is 535 g/mol. The predicted molar refractivity (Wildman–Crippen MR) is 148 cm³/mol. The Bertz CT molecular complexity index is 1530. The second-order valence-electron chi connectivity index (χ2n) is 10.4. The summed E-state index contributed by atoms with van der Waals surface area (Å²) in [4.78, 5) is 23.6. The minimum absolute atomic E-state index is 0.0822. The number of aromatic nitrogens is 3. The molecule has 40 heavy (non-hydrogen) atoms. The third-order valence-electron chi connectivity index (χ3n) is 7.79. The van der Waals surface area contributed by atoms with Crippen LogP contribution >= 0.6 is 11.6 Å². The number of imidazole rings is 1. The molecule has 2 aliphatic rings. The van der Waals surface area contributed by atoms with Crippen LogP contribution in [0.1, 0.15) is 58.7 Å². The molecule has 4 heterocycles. The third-order valence-corrected chi connectivity index (χ3v) is 8.02. The van der Waals surface area contributed by atoms with Gasteiger partial charge in [-0.15, -0.1) is 0 Å². The van der Waals surface area contributed by atoms with E-state index in [1.807, 2.05) is 12.1 Å². The van der Waals surface area contributed by atoms with Crippen molar-refractivity contribution in [1.29, 1.82) is 0 Å². The summed E-state index contributed by atoms with van der Waals surface area (Å²) in [6.07, 6.45) is 2.77. The Hall–Kier alpha value is -3.53. The molecule has 0 amide bonds. The van der Waals surface area contributed by atoms with Crippen LogP contribution in [0.5, 0.6) is 5.88 Å². The molecule has 0 saturated carbocycles. The minimum Gasteiger partial charge on any atom is -0.478 e. The Labute approximate surface area is 236 Å². The molecule has 8 nitrogen and oxygen atoms in total. The number of benzene rings is 2. The van der Waals surface area contributed by atoms with Crippen LogP contribution in [0.15, 0.2) is 54.6 Å². The van der Waals surface area contributed by atoms with Gasteiger partial charge in [0.25, 0.3) is 0 Å². The Morgan fingerprint density at radius 1 is 1.10 bits per heavy atom. The Morgan fingerprint density at radius 3 is 2.70 bits per heavy atom. The number of pyridine rings is 1. The number of ether oxygens (including phenoxy) is 2.